The van der Waals surface area contributed by atoms with Crippen LogP contribution in [0.15, 0.2) is 53.5 Å². The number of nitrogens with one attached hydrogen (secondary N) is 1. The van der Waals surface area contributed by atoms with Crippen LogP contribution in [0.2, 0.25) is 0 Å². The van der Waals surface area contributed by atoms with Crippen molar-refractivity contribution < 1.29 is 9.59 Å². The summed E-state index contributed by atoms with van der Waals surface area (Å²) in [6.45, 7) is 1.57. The van der Waals surface area contributed by atoms with E-state index in [1.165, 1.54) is 6.92 Å². The number of benzodiazepines with no additional fused rings is 1. The van der Waals surface area contributed by atoms with Crippen molar-refractivity contribution >= 4 is 28.9 Å². The minimum Gasteiger partial charge on any atom is -0.326 e. The molecule has 2 aromatic rings. The van der Waals surface area contributed by atoms with Crippen molar-refractivity contribution in [3.63, 3.8) is 0 Å². The Morgan fingerprint density at radius 1 is 1.17 bits per heavy atom. The predicted octanol–water partition coefficient (Wildman–Crippen LogP) is 2.46. The molecule has 0 saturated heterocycles. The average molecular weight is 307 g/mol. The molecule has 116 valence electrons. The van der Waals surface area contributed by atoms with E-state index in [1.54, 1.807) is 18.0 Å². The standard InChI is InChI=1S/C18H17N3O2/c1-12(22)20-14-8-9-16-15(10-14)18(13-6-4-3-5-7-13)19-11-17(23)21(16)2/h3-10H,11H2,1-2H3,(H,20,22). The summed E-state index contributed by atoms with van der Waals surface area (Å²) in [5, 5.41) is 2.78. The highest BCUT2D eigenvalue weighted by atomic mass is 16.2. The Labute approximate surface area is 134 Å². The van der Waals surface area contributed by atoms with Crippen LogP contribution in [-0.2, 0) is 9.59 Å². The van der Waals surface area contributed by atoms with Crippen LogP contribution < -0.4 is 10.2 Å². The van der Waals surface area contributed by atoms with Crippen molar-refractivity contribution in [1.29, 1.82) is 0 Å². The van der Waals surface area contributed by atoms with Gasteiger partial charge in [0.15, 0.2) is 0 Å². The van der Waals surface area contributed by atoms with Gasteiger partial charge in [-0.1, -0.05) is 30.3 Å². The number of anilines is 2. The molecule has 0 radical (unpaired) electrons. The van der Waals surface area contributed by atoms with Gasteiger partial charge >= 0.3 is 0 Å². The van der Waals surface area contributed by atoms with Gasteiger partial charge in [-0.05, 0) is 18.2 Å². The molecule has 2 aromatic carbocycles. The van der Waals surface area contributed by atoms with Crippen LogP contribution in [-0.4, -0.2) is 31.1 Å². The van der Waals surface area contributed by atoms with Crippen LogP contribution in [0.3, 0.4) is 0 Å². The summed E-state index contributed by atoms with van der Waals surface area (Å²) in [7, 11) is 1.74. The maximum absolute atomic E-state index is 12.2. The summed E-state index contributed by atoms with van der Waals surface area (Å²) < 4.78 is 0. The summed E-state index contributed by atoms with van der Waals surface area (Å²) in [4.78, 5) is 29.6. The van der Waals surface area contributed by atoms with Gasteiger partial charge in [0, 0.05) is 30.8 Å². The molecule has 0 saturated carbocycles. The quantitative estimate of drug-likeness (QED) is 0.926. The Hall–Kier alpha value is -2.95. The SMILES string of the molecule is CC(=O)Nc1ccc2c(c1)C(c1ccccc1)=NCC(=O)N2C. The monoisotopic (exact) mass is 307 g/mol. The van der Waals surface area contributed by atoms with Crippen LogP contribution in [0.25, 0.3) is 0 Å². The highest BCUT2D eigenvalue weighted by molar-refractivity contribution is 6.20. The molecule has 1 aliphatic heterocycles. The Kier molecular flexibility index (Phi) is 3.93. The maximum Gasteiger partial charge on any atom is 0.248 e. The molecule has 0 aliphatic carbocycles. The Bertz CT molecular complexity index is 797. The van der Waals surface area contributed by atoms with Crippen molar-refractivity contribution in [3.05, 3.63) is 59.7 Å². The molecule has 1 heterocycles. The lowest BCUT2D eigenvalue weighted by molar-refractivity contribution is -0.117. The smallest absolute Gasteiger partial charge is 0.248 e. The lowest BCUT2D eigenvalue weighted by Crippen LogP contribution is -2.27. The molecular formula is C18H17N3O2. The Morgan fingerprint density at radius 2 is 1.91 bits per heavy atom. The molecule has 0 aromatic heterocycles. The fraction of sp³-hybridized carbons (Fsp3) is 0.167. The molecule has 0 spiro atoms. The number of amides is 2. The topological polar surface area (TPSA) is 61.8 Å². The molecule has 3 rings (SSSR count). The highest BCUT2D eigenvalue weighted by Crippen LogP contribution is 2.28. The molecule has 0 fully saturated rings. The second-order valence-electron chi connectivity index (χ2n) is 5.40. The molecule has 23 heavy (non-hydrogen) atoms. The number of benzene rings is 2. The van der Waals surface area contributed by atoms with Gasteiger partial charge in [0.25, 0.3) is 0 Å². The van der Waals surface area contributed by atoms with Gasteiger partial charge in [0.2, 0.25) is 11.8 Å². The van der Waals surface area contributed by atoms with E-state index >= 15 is 0 Å². The summed E-state index contributed by atoms with van der Waals surface area (Å²) in [5.74, 6) is -0.203. The highest BCUT2D eigenvalue weighted by Gasteiger charge is 2.22. The molecule has 1 N–H and O–H groups in total. The average Bonchev–Trinajstić information content (AvgIpc) is 2.66. The van der Waals surface area contributed by atoms with E-state index in [9.17, 15) is 9.59 Å². The number of nitrogens with zero attached hydrogens (tertiary/aromatic N) is 2. The van der Waals surface area contributed by atoms with E-state index in [1.807, 2.05) is 42.5 Å². The maximum atomic E-state index is 12.2. The molecule has 5 nitrogen and oxygen atoms in total. The third kappa shape index (κ3) is 2.99. The molecular weight excluding hydrogens is 290 g/mol. The third-order valence-corrected chi connectivity index (χ3v) is 3.73. The van der Waals surface area contributed by atoms with Gasteiger partial charge in [-0.3, -0.25) is 14.6 Å². The number of carbonyl (C=O) groups excluding carboxylic acids is 2. The zero-order valence-corrected chi connectivity index (χ0v) is 13.0. The van der Waals surface area contributed by atoms with Crippen molar-refractivity contribution in [2.24, 2.45) is 4.99 Å². The second-order valence-corrected chi connectivity index (χ2v) is 5.40. The van der Waals surface area contributed by atoms with E-state index in [4.69, 9.17) is 0 Å². The minimum atomic E-state index is -0.138. The molecule has 1 aliphatic rings. The molecule has 0 bridgehead atoms. The van der Waals surface area contributed by atoms with Gasteiger partial charge in [-0.15, -0.1) is 0 Å². The van der Waals surface area contributed by atoms with Crippen LogP contribution in [0.1, 0.15) is 18.1 Å². The minimum absolute atomic E-state index is 0.0653. The first kappa shape index (κ1) is 15.0. The van der Waals surface area contributed by atoms with Crippen molar-refractivity contribution in [2.45, 2.75) is 6.92 Å². The summed E-state index contributed by atoms with van der Waals surface area (Å²) in [6, 6.07) is 15.2. The third-order valence-electron chi connectivity index (χ3n) is 3.73. The number of rotatable bonds is 2. The second kappa shape index (κ2) is 6.04. The first-order chi connectivity index (χ1) is 11.1. The Balaban J connectivity index is 2.17. The zero-order chi connectivity index (χ0) is 16.4. The number of carbonyl (C=O) groups is 2. The van der Waals surface area contributed by atoms with Gasteiger partial charge in [-0.25, -0.2) is 0 Å². The number of aliphatic imine (C=N–C) groups is 1. The number of likely N-dealkylation sites (N-methyl/N-ethyl adjacent to an activating group) is 1. The fourth-order valence-corrected chi connectivity index (χ4v) is 2.61. The molecule has 2 amide bonds. The number of fused-ring (bicyclic) bond motifs is 1. The van der Waals surface area contributed by atoms with Crippen LogP contribution in [0.4, 0.5) is 11.4 Å². The molecule has 5 heteroatoms. The van der Waals surface area contributed by atoms with Gasteiger partial charge in [0.1, 0.15) is 6.54 Å². The van der Waals surface area contributed by atoms with Crippen LogP contribution in [0, 0.1) is 0 Å². The zero-order valence-electron chi connectivity index (χ0n) is 13.0. The summed E-state index contributed by atoms with van der Waals surface area (Å²) >= 11 is 0. The van der Waals surface area contributed by atoms with Crippen LogP contribution >= 0.6 is 0 Å². The number of hydrogen-bond donors (Lipinski definition) is 1. The lowest BCUT2D eigenvalue weighted by atomic mass is 9.99. The summed E-state index contributed by atoms with van der Waals surface area (Å²) in [5.41, 5.74) is 3.99. The predicted molar refractivity (Wildman–Crippen MR) is 91.1 cm³/mol. The van der Waals surface area contributed by atoms with E-state index in [0.717, 1.165) is 22.5 Å². The van der Waals surface area contributed by atoms with Gasteiger partial charge < -0.3 is 10.2 Å². The lowest BCUT2D eigenvalue weighted by Gasteiger charge is -2.19. The van der Waals surface area contributed by atoms with Crippen molar-refractivity contribution in [2.75, 3.05) is 23.8 Å². The first-order valence-corrected chi connectivity index (χ1v) is 7.34. The van der Waals surface area contributed by atoms with Crippen molar-refractivity contribution in [3.8, 4) is 0 Å². The number of hydrogen-bond acceptors (Lipinski definition) is 3. The van der Waals surface area contributed by atoms with Gasteiger partial charge in [0.05, 0.1) is 11.4 Å². The first-order valence-electron chi connectivity index (χ1n) is 7.34. The van der Waals surface area contributed by atoms with E-state index in [0.29, 0.717) is 5.69 Å². The molecule has 0 unspecified atom stereocenters. The largest absolute Gasteiger partial charge is 0.326 e. The van der Waals surface area contributed by atoms with E-state index in [2.05, 4.69) is 10.3 Å². The van der Waals surface area contributed by atoms with Gasteiger partial charge in [-0.2, -0.15) is 0 Å². The fourth-order valence-electron chi connectivity index (χ4n) is 2.61. The van der Waals surface area contributed by atoms with Crippen LogP contribution in [0.5, 0.6) is 0 Å². The van der Waals surface area contributed by atoms with E-state index < -0.39 is 0 Å². The molecule has 0 atom stereocenters. The van der Waals surface area contributed by atoms with E-state index in [-0.39, 0.29) is 18.4 Å². The Morgan fingerprint density at radius 3 is 2.61 bits per heavy atom. The normalized spacial score (nSPS) is 13.9. The van der Waals surface area contributed by atoms with Crippen molar-refractivity contribution in [1.82, 2.24) is 0 Å². The summed E-state index contributed by atoms with van der Waals surface area (Å²) in [6.07, 6.45) is 0.